The van der Waals surface area contributed by atoms with Gasteiger partial charge in [0.2, 0.25) is 10.0 Å². The van der Waals surface area contributed by atoms with Crippen LogP contribution in [-0.4, -0.2) is 36.6 Å². The maximum Gasteiger partial charge on any atom is 0.268 e. The van der Waals surface area contributed by atoms with Gasteiger partial charge in [0.15, 0.2) is 0 Å². The van der Waals surface area contributed by atoms with Gasteiger partial charge in [0.05, 0.1) is 12.6 Å². The Morgan fingerprint density at radius 3 is 2.61 bits per heavy atom. The summed E-state index contributed by atoms with van der Waals surface area (Å²) in [5, 5.41) is 16.6. The van der Waals surface area contributed by atoms with Crippen molar-refractivity contribution in [2.45, 2.75) is 24.3 Å². The van der Waals surface area contributed by atoms with Gasteiger partial charge in [-0.15, -0.1) is 0 Å². The monoisotopic (exact) mass is 275 g/mol. The molecule has 0 aromatic carbocycles. The summed E-state index contributed by atoms with van der Waals surface area (Å²) in [6, 6.07) is 0.847. The fourth-order valence-corrected chi connectivity index (χ4v) is 2.03. The van der Waals surface area contributed by atoms with Crippen molar-refractivity contribution in [3.8, 4) is 0 Å². The van der Waals surface area contributed by atoms with Crippen LogP contribution in [0.4, 0.5) is 0 Å². The van der Waals surface area contributed by atoms with Crippen LogP contribution in [0.15, 0.2) is 17.2 Å². The number of aliphatic hydroxyl groups is 1. The molecule has 0 saturated heterocycles. The van der Waals surface area contributed by atoms with Crippen LogP contribution in [0.5, 0.6) is 0 Å². The molecule has 0 fully saturated rings. The number of sulfonamides is 1. The number of aryl methyl sites for hydroxylation is 1. The first-order chi connectivity index (χ1) is 8.29. The van der Waals surface area contributed by atoms with Gasteiger partial charge in [0.25, 0.3) is 5.91 Å². The van der Waals surface area contributed by atoms with Gasteiger partial charge >= 0.3 is 0 Å². The molecule has 1 aromatic heterocycles. The number of aromatic nitrogens is 1. The first kappa shape index (κ1) is 14.7. The zero-order valence-electron chi connectivity index (χ0n) is 10.3. The van der Waals surface area contributed by atoms with Gasteiger partial charge in [-0.25, -0.2) is 13.6 Å². The van der Waals surface area contributed by atoms with E-state index < -0.39 is 15.9 Å². The van der Waals surface area contributed by atoms with Crippen molar-refractivity contribution in [3.63, 3.8) is 0 Å². The van der Waals surface area contributed by atoms with Crippen molar-refractivity contribution in [3.05, 3.63) is 18.0 Å². The molecule has 1 amide bonds. The number of rotatable bonds is 5. The molecule has 1 rings (SSSR count). The molecule has 18 heavy (non-hydrogen) atoms. The van der Waals surface area contributed by atoms with E-state index in [0.29, 0.717) is 6.42 Å². The minimum Gasteiger partial charge on any atom is -0.394 e. The SMILES string of the molecule is CC[C@@H](CO)NC(=O)c1cc(S(N)(=O)=O)cn1C. The molecule has 0 aliphatic rings. The van der Waals surface area contributed by atoms with Gasteiger partial charge in [-0.05, 0) is 12.5 Å². The number of aliphatic hydroxyl groups excluding tert-OH is 1. The highest BCUT2D eigenvalue weighted by molar-refractivity contribution is 7.89. The molecule has 7 nitrogen and oxygen atoms in total. The van der Waals surface area contributed by atoms with Gasteiger partial charge in [-0.3, -0.25) is 4.79 Å². The summed E-state index contributed by atoms with van der Waals surface area (Å²) >= 11 is 0. The zero-order chi connectivity index (χ0) is 13.9. The van der Waals surface area contributed by atoms with Crippen LogP contribution >= 0.6 is 0 Å². The van der Waals surface area contributed by atoms with Crippen molar-refractivity contribution in [2.24, 2.45) is 12.2 Å². The Morgan fingerprint density at radius 1 is 1.61 bits per heavy atom. The lowest BCUT2D eigenvalue weighted by molar-refractivity contribution is 0.0906. The highest BCUT2D eigenvalue weighted by Gasteiger charge is 2.18. The Hall–Kier alpha value is -1.38. The predicted molar refractivity (Wildman–Crippen MR) is 65.4 cm³/mol. The van der Waals surface area contributed by atoms with Gasteiger partial charge in [0, 0.05) is 13.2 Å². The van der Waals surface area contributed by atoms with Crippen LogP contribution in [0.1, 0.15) is 23.8 Å². The molecule has 1 atom stereocenters. The van der Waals surface area contributed by atoms with Crippen molar-refractivity contribution in [2.75, 3.05) is 6.61 Å². The lowest BCUT2D eigenvalue weighted by Crippen LogP contribution is -2.37. The molecule has 0 radical (unpaired) electrons. The van der Waals surface area contributed by atoms with Crippen LogP contribution in [0.25, 0.3) is 0 Å². The molecule has 0 bridgehead atoms. The minimum absolute atomic E-state index is 0.118. The van der Waals surface area contributed by atoms with E-state index >= 15 is 0 Å². The van der Waals surface area contributed by atoms with E-state index in [4.69, 9.17) is 10.2 Å². The second kappa shape index (κ2) is 5.51. The number of nitrogens with two attached hydrogens (primary N) is 1. The summed E-state index contributed by atoms with van der Waals surface area (Å²) in [7, 11) is -2.28. The highest BCUT2D eigenvalue weighted by atomic mass is 32.2. The number of nitrogens with one attached hydrogen (secondary N) is 1. The lowest BCUT2D eigenvalue weighted by atomic mass is 10.2. The number of hydrogen-bond acceptors (Lipinski definition) is 4. The summed E-state index contributed by atoms with van der Waals surface area (Å²) in [4.78, 5) is 11.7. The van der Waals surface area contributed by atoms with Crippen molar-refractivity contribution in [1.82, 2.24) is 9.88 Å². The molecule has 0 saturated carbocycles. The Kier molecular flexibility index (Phi) is 4.49. The van der Waals surface area contributed by atoms with E-state index in [1.54, 1.807) is 7.05 Å². The molecule has 0 aliphatic carbocycles. The molecule has 0 spiro atoms. The van der Waals surface area contributed by atoms with Gasteiger partial charge in [-0.1, -0.05) is 6.92 Å². The zero-order valence-corrected chi connectivity index (χ0v) is 11.1. The maximum atomic E-state index is 11.9. The Balaban J connectivity index is 2.97. The second-order valence-corrected chi connectivity index (χ2v) is 5.54. The fourth-order valence-electron chi connectivity index (χ4n) is 1.45. The molecule has 8 heteroatoms. The van der Waals surface area contributed by atoms with E-state index in [0.717, 1.165) is 0 Å². The van der Waals surface area contributed by atoms with E-state index in [1.807, 2.05) is 6.92 Å². The largest absolute Gasteiger partial charge is 0.394 e. The fraction of sp³-hybridized carbons (Fsp3) is 0.500. The van der Waals surface area contributed by atoms with Crippen LogP contribution < -0.4 is 10.5 Å². The van der Waals surface area contributed by atoms with Crippen molar-refractivity contribution >= 4 is 15.9 Å². The Labute approximate surface area is 106 Å². The molecule has 4 N–H and O–H groups in total. The highest BCUT2D eigenvalue weighted by Crippen LogP contribution is 2.12. The summed E-state index contributed by atoms with van der Waals surface area (Å²) < 4.78 is 23.7. The van der Waals surface area contributed by atoms with Crippen LogP contribution in [-0.2, 0) is 17.1 Å². The van der Waals surface area contributed by atoms with E-state index in [2.05, 4.69) is 5.32 Å². The van der Waals surface area contributed by atoms with Crippen LogP contribution in [0.2, 0.25) is 0 Å². The summed E-state index contributed by atoms with van der Waals surface area (Å²) in [5.74, 6) is -0.451. The third kappa shape index (κ3) is 3.31. The third-order valence-electron chi connectivity index (χ3n) is 2.59. The number of nitrogens with zero attached hydrogens (tertiary/aromatic N) is 1. The van der Waals surface area contributed by atoms with E-state index in [9.17, 15) is 13.2 Å². The number of amides is 1. The van der Waals surface area contributed by atoms with E-state index in [1.165, 1.54) is 16.8 Å². The van der Waals surface area contributed by atoms with Gasteiger partial charge in [-0.2, -0.15) is 0 Å². The van der Waals surface area contributed by atoms with Crippen LogP contribution in [0.3, 0.4) is 0 Å². The number of hydrogen-bond donors (Lipinski definition) is 3. The van der Waals surface area contributed by atoms with Crippen molar-refractivity contribution in [1.29, 1.82) is 0 Å². The number of carbonyl (C=O) groups excluding carboxylic acids is 1. The molecule has 1 aromatic rings. The topological polar surface area (TPSA) is 114 Å². The number of primary sulfonamides is 1. The van der Waals surface area contributed by atoms with Crippen molar-refractivity contribution < 1.29 is 18.3 Å². The number of carbonyl (C=O) groups is 1. The first-order valence-electron chi connectivity index (χ1n) is 5.40. The summed E-state index contributed by atoms with van der Waals surface area (Å²) in [6.45, 7) is 1.65. The molecule has 1 heterocycles. The maximum absolute atomic E-state index is 11.9. The molecule has 0 unspecified atom stereocenters. The normalized spacial score (nSPS) is 13.3. The standard InChI is InChI=1S/C10H17N3O4S/c1-3-7(6-14)12-10(15)9-4-8(5-13(9)2)18(11,16)17/h4-5,7,14H,3,6H2,1-2H3,(H,12,15)(H2,11,16,17)/t7-/m0/s1. The van der Waals surface area contributed by atoms with E-state index in [-0.39, 0.29) is 23.2 Å². The molecule has 102 valence electrons. The van der Waals surface area contributed by atoms with Gasteiger partial charge in [0.1, 0.15) is 10.6 Å². The average molecular weight is 275 g/mol. The lowest BCUT2D eigenvalue weighted by Gasteiger charge is -2.13. The summed E-state index contributed by atoms with van der Waals surface area (Å²) in [6.07, 6.45) is 1.85. The Bertz CT molecular complexity index is 531. The average Bonchev–Trinajstić information content (AvgIpc) is 2.67. The van der Waals surface area contributed by atoms with Gasteiger partial charge < -0.3 is 15.0 Å². The molecular formula is C10H17N3O4S. The quantitative estimate of drug-likeness (QED) is 0.650. The predicted octanol–water partition coefficient (Wildman–Crippen LogP) is -0.827. The molecule has 0 aliphatic heterocycles. The molecular weight excluding hydrogens is 258 g/mol. The van der Waals surface area contributed by atoms with Crippen LogP contribution in [0, 0.1) is 0 Å². The second-order valence-electron chi connectivity index (χ2n) is 3.98. The third-order valence-corrected chi connectivity index (χ3v) is 3.47. The minimum atomic E-state index is -3.83. The smallest absolute Gasteiger partial charge is 0.268 e. The first-order valence-corrected chi connectivity index (χ1v) is 6.95. The summed E-state index contributed by atoms with van der Waals surface area (Å²) in [5.41, 5.74) is 0.172. The Morgan fingerprint density at radius 2 is 2.22 bits per heavy atom.